The number of imidazole rings is 1. The number of hydrogen-bond acceptors (Lipinski definition) is 7. The number of aryl methyl sites for hydroxylation is 1. The van der Waals surface area contributed by atoms with Crippen LogP contribution >= 0.6 is 11.8 Å². The summed E-state index contributed by atoms with van der Waals surface area (Å²) in [5.74, 6) is 0.702. The number of aromatic nitrogens is 4. The average molecular weight is 570 g/mol. The van der Waals surface area contributed by atoms with Gasteiger partial charge in [-0.1, -0.05) is 36.0 Å². The molecule has 10 nitrogen and oxygen atoms in total. The Hall–Kier alpha value is -4.06. The number of nitrogens with one attached hydrogen (secondary N) is 1. The topological polar surface area (TPSA) is 109 Å². The molecule has 0 aliphatic carbocycles. The second-order valence-electron chi connectivity index (χ2n) is 8.99. The number of nitrogens with zero attached hydrogens (tertiary/aromatic N) is 4. The van der Waals surface area contributed by atoms with Crippen LogP contribution in [0.5, 0.6) is 11.5 Å². The minimum absolute atomic E-state index is 0.0144. The quantitative estimate of drug-likeness (QED) is 0.261. The minimum Gasteiger partial charge on any atom is -0.490 e. The van der Waals surface area contributed by atoms with Gasteiger partial charge in [0.2, 0.25) is 5.91 Å². The van der Waals surface area contributed by atoms with E-state index >= 15 is 0 Å². The van der Waals surface area contributed by atoms with E-state index in [0.29, 0.717) is 48.4 Å². The molecule has 1 N–H and O–H groups in total. The predicted molar refractivity (Wildman–Crippen MR) is 152 cm³/mol. The van der Waals surface area contributed by atoms with Crippen LogP contribution in [-0.4, -0.2) is 50.1 Å². The summed E-state index contributed by atoms with van der Waals surface area (Å²) in [5, 5.41) is 3.23. The van der Waals surface area contributed by atoms with Gasteiger partial charge in [-0.3, -0.25) is 18.7 Å². The molecule has 0 bridgehead atoms. The number of amides is 1. The van der Waals surface area contributed by atoms with Gasteiger partial charge in [-0.2, -0.15) is 0 Å². The van der Waals surface area contributed by atoms with Crippen LogP contribution in [0.2, 0.25) is 0 Å². The highest BCUT2D eigenvalue weighted by atomic mass is 32.2. The van der Waals surface area contributed by atoms with Crippen LogP contribution in [-0.2, 0) is 31.9 Å². The molecule has 4 aromatic rings. The molecule has 2 aromatic heterocycles. The first-order valence-corrected chi connectivity index (χ1v) is 13.9. The van der Waals surface area contributed by atoms with Gasteiger partial charge in [-0.15, -0.1) is 0 Å². The van der Waals surface area contributed by atoms with E-state index in [4.69, 9.17) is 9.47 Å². The summed E-state index contributed by atoms with van der Waals surface area (Å²) in [7, 11) is 2.90. The number of ether oxygens (including phenoxy) is 2. The SMILES string of the molecule is CCOc1ccc(CCNC(=O)CSc2nc3c(c(=O)n(C)c(=O)n3C)n2Cc2ccccc2F)cc1OCC. The zero-order chi connectivity index (χ0) is 28.8. The lowest BCUT2D eigenvalue weighted by Crippen LogP contribution is -2.37. The average Bonchev–Trinajstić information content (AvgIpc) is 3.30. The van der Waals surface area contributed by atoms with Crippen molar-refractivity contribution in [2.75, 3.05) is 25.5 Å². The molecule has 12 heteroatoms. The molecule has 0 unspecified atom stereocenters. The largest absolute Gasteiger partial charge is 0.490 e. The number of rotatable bonds is 12. The van der Waals surface area contributed by atoms with Crippen molar-refractivity contribution in [1.82, 2.24) is 24.0 Å². The third-order valence-corrected chi connectivity index (χ3v) is 7.25. The summed E-state index contributed by atoms with van der Waals surface area (Å²) in [6.07, 6.45) is 0.590. The van der Waals surface area contributed by atoms with E-state index < -0.39 is 17.1 Å². The number of benzene rings is 2. The summed E-state index contributed by atoms with van der Waals surface area (Å²) in [6.45, 7) is 5.28. The van der Waals surface area contributed by atoms with Crippen LogP contribution in [0, 0.1) is 5.82 Å². The first-order chi connectivity index (χ1) is 19.2. The highest BCUT2D eigenvalue weighted by Crippen LogP contribution is 2.29. The van der Waals surface area contributed by atoms with E-state index in [2.05, 4.69) is 10.3 Å². The lowest BCUT2D eigenvalue weighted by atomic mass is 10.1. The molecule has 0 fully saturated rings. The number of thioether (sulfide) groups is 1. The Balaban J connectivity index is 1.49. The summed E-state index contributed by atoms with van der Waals surface area (Å²) >= 11 is 1.12. The fourth-order valence-electron chi connectivity index (χ4n) is 4.26. The van der Waals surface area contributed by atoms with Gasteiger partial charge in [0.1, 0.15) is 5.82 Å². The molecule has 4 rings (SSSR count). The second kappa shape index (κ2) is 12.9. The number of halogens is 1. The Bertz CT molecular complexity index is 1640. The monoisotopic (exact) mass is 569 g/mol. The van der Waals surface area contributed by atoms with Gasteiger partial charge in [0.25, 0.3) is 5.56 Å². The molecule has 0 aliphatic heterocycles. The fourth-order valence-corrected chi connectivity index (χ4v) is 5.08. The highest BCUT2D eigenvalue weighted by molar-refractivity contribution is 7.99. The molecule has 0 atom stereocenters. The summed E-state index contributed by atoms with van der Waals surface area (Å²) in [6, 6.07) is 11.9. The van der Waals surface area contributed by atoms with E-state index in [1.165, 1.54) is 24.7 Å². The predicted octanol–water partition coefficient (Wildman–Crippen LogP) is 2.87. The first kappa shape index (κ1) is 28.9. The van der Waals surface area contributed by atoms with Gasteiger partial charge in [0.05, 0.1) is 25.5 Å². The molecule has 0 radical (unpaired) electrons. The lowest BCUT2D eigenvalue weighted by Gasteiger charge is -2.13. The van der Waals surface area contributed by atoms with Crippen molar-refractivity contribution in [3.05, 3.63) is 80.2 Å². The third-order valence-electron chi connectivity index (χ3n) is 6.28. The Morgan fingerprint density at radius 2 is 1.75 bits per heavy atom. The van der Waals surface area contributed by atoms with E-state index in [1.54, 1.807) is 22.8 Å². The highest BCUT2D eigenvalue weighted by Gasteiger charge is 2.21. The number of fused-ring (bicyclic) bond motifs is 1. The van der Waals surface area contributed by atoms with Gasteiger partial charge < -0.3 is 19.4 Å². The van der Waals surface area contributed by atoms with Gasteiger partial charge in [0.15, 0.2) is 27.8 Å². The number of hydrogen-bond donors (Lipinski definition) is 1. The molecule has 2 aromatic carbocycles. The fraction of sp³-hybridized carbons (Fsp3) is 0.357. The second-order valence-corrected chi connectivity index (χ2v) is 9.93. The molecule has 2 heterocycles. The van der Waals surface area contributed by atoms with Crippen molar-refractivity contribution in [3.8, 4) is 11.5 Å². The summed E-state index contributed by atoms with van der Waals surface area (Å²) in [5.41, 5.74) is 0.613. The van der Waals surface area contributed by atoms with Gasteiger partial charge in [-0.25, -0.2) is 14.2 Å². The lowest BCUT2D eigenvalue weighted by molar-refractivity contribution is -0.118. The molecule has 0 saturated carbocycles. The van der Waals surface area contributed by atoms with E-state index in [9.17, 15) is 18.8 Å². The summed E-state index contributed by atoms with van der Waals surface area (Å²) < 4.78 is 29.6. The maximum atomic E-state index is 14.5. The molecule has 0 saturated heterocycles. The Morgan fingerprint density at radius 3 is 2.48 bits per heavy atom. The molecular formula is C28H32FN5O5S. The number of carbonyl (C=O) groups is 1. The minimum atomic E-state index is -0.542. The van der Waals surface area contributed by atoms with Crippen molar-refractivity contribution in [2.45, 2.75) is 32.0 Å². The van der Waals surface area contributed by atoms with Crippen LogP contribution in [0.3, 0.4) is 0 Å². The van der Waals surface area contributed by atoms with Crippen molar-refractivity contribution in [3.63, 3.8) is 0 Å². The van der Waals surface area contributed by atoms with Gasteiger partial charge >= 0.3 is 5.69 Å². The van der Waals surface area contributed by atoms with Crippen LogP contribution in [0.4, 0.5) is 4.39 Å². The maximum absolute atomic E-state index is 14.5. The molecule has 0 aliphatic rings. The Kier molecular flexibility index (Phi) is 9.30. The smallest absolute Gasteiger partial charge is 0.332 e. The Morgan fingerprint density at radius 1 is 1.02 bits per heavy atom. The third kappa shape index (κ3) is 6.22. The molecular weight excluding hydrogens is 537 g/mol. The van der Waals surface area contributed by atoms with E-state index in [-0.39, 0.29) is 29.4 Å². The van der Waals surface area contributed by atoms with Crippen molar-refractivity contribution in [2.24, 2.45) is 14.1 Å². The van der Waals surface area contributed by atoms with Crippen LogP contribution < -0.4 is 26.0 Å². The first-order valence-electron chi connectivity index (χ1n) is 12.9. The van der Waals surface area contributed by atoms with E-state index in [1.807, 2.05) is 32.0 Å². The van der Waals surface area contributed by atoms with Crippen molar-refractivity contribution >= 4 is 28.8 Å². The van der Waals surface area contributed by atoms with Crippen LogP contribution in [0.1, 0.15) is 25.0 Å². The van der Waals surface area contributed by atoms with Gasteiger partial charge in [-0.05, 0) is 44.0 Å². The van der Waals surface area contributed by atoms with Crippen LogP contribution in [0.25, 0.3) is 11.2 Å². The van der Waals surface area contributed by atoms with Gasteiger partial charge in [0, 0.05) is 26.2 Å². The zero-order valence-corrected chi connectivity index (χ0v) is 23.7. The normalized spacial score (nSPS) is 11.1. The molecule has 212 valence electrons. The number of carbonyl (C=O) groups excluding carboxylic acids is 1. The summed E-state index contributed by atoms with van der Waals surface area (Å²) in [4.78, 5) is 42.7. The standard InChI is InChI=1S/C28H32FN5O5S/c1-5-38-21-12-11-18(15-22(21)39-6-2)13-14-30-23(35)17-40-27-31-25-24(26(36)33(4)28(37)32(25)3)34(27)16-19-9-7-8-10-20(19)29/h7-12,15H,5-6,13-14,16-17H2,1-4H3,(H,30,35). The molecule has 1 amide bonds. The Labute approximate surface area is 234 Å². The van der Waals surface area contributed by atoms with Crippen molar-refractivity contribution < 1.29 is 18.7 Å². The maximum Gasteiger partial charge on any atom is 0.332 e. The van der Waals surface area contributed by atoms with Crippen molar-refractivity contribution in [1.29, 1.82) is 0 Å². The molecule has 40 heavy (non-hydrogen) atoms. The molecule has 0 spiro atoms. The van der Waals surface area contributed by atoms with E-state index in [0.717, 1.165) is 21.9 Å². The van der Waals surface area contributed by atoms with Crippen LogP contribution in [0.15, 0.2) is 57.2 Å². The zero-order valence-electron chi connectivity index (χ0n) is 22.9.